The third-order valence-electron chi connectivity index (χ3n) is 7.94. The summed E-state index contributed by atoms with van der Waals surface area (Å²) >= 11 is 0. The monoisotopic (exact) mass is 490 g/mol. The lowest BCUT2D eigenvalue weighted by Gasteiger charge is -2.34. The van der Waals surface area contributed by atoms with Gasteiger partial charge >= 0.3 is 0 Å². The number of rotatable bonds is 8. The minimum absolute atomic E-state index is 0.0451. The summed E-state index contributed by atoms with van der Waals surface area (Å²) in [6.45, 7) is 5.69. The van der Waals surface area contributed by atoms with E-state index in [9.17, 15) is 0 Å². The molecule has 2 aliphatic heterocycles. The summed E-state index contributed by atoms with van der Waals surface area (Å²) in [5.74, 6) is 1.72. The fourth-order valence-electron chi connectivity index (χ4n) is 5.82. The molecule has 0 aromatic heterocycles. The molecule has 1 aliphatic carbocycles. The molecule has 2 fully saturated rings. The molecule has 2 heterocycles. The number of ether oxygens (including phenoxy) is 4. The topological polar surface area (TPSA) is 43.5 Å². The molecule has 4 unspecified atom stereocenters. The quantitative estimate of drug-likeness (QED) is 0.237. The fraction of sp³-hybridized carbons (Fsp3) is 0.273. The van der Waals surface area contributed by atoms with E-state index in [0.29, 0.717) is 0 Å². The molecule has 4 nitrogen and oxygen atoms in total. The Hall–Kier alpha value is -3.60. The van der Waals surface area contributed by atoms with Gasteiger partial charge in [0.1, 0.15) is 35.9 Å². The largest absolute Gasteiger partial charge is 0.488 e. The molecule has 7 rings (SSSR count). The zero-order chi connectivity index (χ0) is 25.0. The Morgan fingerprint density at radius 2 is 0.973 bits per heavy atom. The summed E-state index contributed by atoms with van der Waals surface area (Å²) in [5.41, 5.74) is 7.11. The summed E-state index contributed by atoms with van der Waals surface area (Å²) in [6.07, 6.45) is 0.497. The van der Waals surface area contributed by atoms with Gasteiger partial charge in [0.25, 0.3) is 0 Å². The molecule has 37 heavy (non-hydrogen) atoms. The van der Waals surface area contributed by atoms with Gasteiger partial charge in [-0.15, -0.1) is 0 Å². The van der Waals surface area contributed by atoms with E-state index in [1.54, 1.807) is 0 Å². The summed E-state index contributed by atoms with van der Waals surface area (Å²) < 4.78 is 23.1. The van der Waals surface area contributed by atoms with E-state index in [2.05, 4.69) is 111 Å². The Bertz CT molecular complexity index is 1310. The van der Waals surface area contributed by atoms with Crippen molar-refractivity contribution in [2.75, 3.05) is 13.2 Å². The maximum absolute atomic E-state index is 6.16. The predicted molar refractivity (Wildman–Crippen MR) is 143 cm³/mol. The summed E-state index contributed by atoms with van der Waals surface area (Å²) in [5, 5.41) is 0. The lowest BCUT2D eigenvalue weighted by atomic mass is 9.68. The normalized spacial score (nSPS) is 21.9. The lowest BCUT2D eigenvalue weighted by molar-refractivity contribution is 0.176. The third kappa shape index (κ3) is 3.83. The number of epoxide rings is 2. The zero-order valence-electron chi connectivity index (χ0n) is 21.1. The van der Waals surface area contributed by atoms with E-state index in [-0.39, 0.29) is 24.4 Å². The maximum Gasteiger partial charge on any atom is 0.124 e. The van der Waals surface area contributed by atoms with Crippen LogP contribution in [0.2, 0.25) is 0 Å². The van der Waals surface area contributed by atoms with Gasteiger partial charge in [-0.05, 0) is 71.5 Å². The van der Waals surface area contributed by atoms with Crippen molar-refractivity contribution in [3.8, 4) is 22.6 Å². The van der Waals surface area contributed by atoms with E-state index >= 15 is 0 Å². The van der Waals surface area contributed by atoms with Crippen LogP contribution in [0, 0.1) is 0 Å². The van der Waals surface area contributed by atoms with E-state index in [1.807, 2.05) is 0 Å². The predicted octanol–water partition coefficient (Wildman–Crippen LogP) is 6.38. The third-order valence-corrected chi connectivity index (χ3v) is 7.94. The highest BCUT2D eigenvalue weighted by Gasteiger charge is 2.46. The first-order chi connectivity index (χ1) is 18.1. The van der Waals surface area contributed by atoms with Crippen molar-refractivity contribution in [1.82, 2.24) is 0 Å². The first-order valence-corrected chi connectivity index (χ1v) is 13.1. The van der Waals surface area contributed by atoms with Gasteiger partial charge in [0.2, 0.25) is 0 Å². The second-order valence-electron chi connectivity index (χ2n) is 10.3. The van der Waals surface area contributed by atoms with E-state index in [4.69, 9.17) is 18.9 Å². The molecule has 0 N–H and O–H groups in total. The molecule has 4 atom stereocenters. The van der Waals surface area contributed by atoms with Gasteiger partial charge < -0.3 is 18.9 Å². The molecular formula is C33H30O4. The molecule has 0 spiro atoms. The van der Waals surface area contributed by atoms with Crippen LogP contribution in [0.4, 0.5) is 0 Å². The highest BCUT2D eigenvalue weighted by molar-refractivity contribution is 5.86. The van der Waals surface area contributed by atoms with Crippen molar-refractivity contribution in [3.63, 3.8) is 0 Å². The Balaban J connectivity index is 1.35. The van der Waals surface area contributed by atoms with E-state index in [0.717, 1.165) is 24.7 Å². The van der Waals surface area contributed by atoms with Crippen LogP contribution in [0.25, 0.3) is 11.1 Å². The highest BCUT2D eigenvalue weighted by atomic mass is 16.6. The molecule has 0 radical (unpaired) electrons. The van der Waals surface area contributed by atoms with E-state index < -0.39 is 5.41 Å². The van der Waals surface area contributed by atoms with Gasteiger partial charge in [-0.1, -0.05) is 72.8 Å². The SMILES string of the molecule is CC(Oc1ccc(C2(c3ccc(OC(C)C4CO4)cc3)c3ccccc3-c3ccccc32)cc1)C1CO1. The Labute approximate surface area is 217 Å². The molecule has 186 valence electrons. The van der Waals surface area contributed by atoms with Crippen molar-refractivity contribution < 1.29 is 18.9 Å². The van der Waals surface area contributed by atoms with Crippen LogP contribution in [-0.4, -0.2) is 37.6 Å². The van der Waals surface area contributed by atoms with Crippen LogP contribution in [0.1, 0.15) is 36.1 Å². The molecule has 4 heteroatoms. The first kappa shape index (κ1) is 22.6. The number of hydrogen-bond acceptors (Lipinski definition) is 4. The second kappa shape index (κ2) is 8.76. The fourth-order valence-corrected chi connectivity index (χ4v) is 5.82. The van der Waals surface area contributed by atoms with Gasteiger partial charge in [-0.3, -0.25) is 0 Å². The van der Waals surface area contributed by atoms with Crippen molar-refractivity contribution in [2.45, 2.75) is 43.7 Å². The Morgan fingerprint density at radius 3 is 1.35 bits per heavy atom. The van der Waals surface area contributed by atoms with Gasteiger partial charge in [0.15, 0.2) is 0 Å². The lowest BCUT2D eigenvalue weighted by Crippen LogP contribution is -2.28. The minimum atomic E-state index is -0.444. The highest BCUT2D eigenvalue weighted by Crippen LogP contribution is 2.56. The Kier molecular flexibility index (Phi) is 5.35. The molecular weight excluding hydrogens is 460 g/mol. The van der Waals surface area contributed by atoms with Gasteiger partial charge in [-0.25, -0.2) is 0 Å². The maximum atomic E-state index is 6.16. The Morgan fingerprint density at radius 1 is 0.595 bits per heavy atom. The second-order valence-corrected chi connectivity index (χ2v) is 10.3. The molecule has 2 saturated heterocycles. The van der Waals surface area contributed by atoms with E-state index in [1.165, 1.54) is 33.4 Å². The minimum Gasteiger partial charge on any atom is -0.488 e. The van der Waals surface area contributed by atoms with Crippen molar-refractivity contribution >= 4 is 0 Å². The van der Waals surface area contributed by atoms with Crippen molar-refractivity contribution in [2.24, 2.45) is 0 Å². The summed E-state index contributed by atoms with van der Waals surface area (Å²) in [6, 6.07) is 34.8. The van der Waals surface area contributed by atoms with Crippen LogP contribution in [0.15, 0.2) is 97.1 Å². The number of hydrogen-bond donors (Lipinski definition) is 0. The number of fused-ring (bicyclic) bond motifs is 3. The molecule has 0 saturated carbocycles. The first-order valence-electron chi connectivity index (χ1n) is 13.1. The van der Waals surface area contributed by atoms with Gasteiger partial charge in [0, 0.05) is 0 Å². The van der Waals surface area contributed by atoms with Gasteiger partial charge in [0.05, 0.1) is 18.6 Å². The van der Waals surface area contributed by atoms with Gasteiger partial charge in [-0.2, -0.15) is 0 Å². The average Bonchev–Trinajstić information content (AvgIpc) is 3.86. The van der Waals surface area contributed by atoms with Crippen LogP contribution in [0.3, 0.4) is 0 Å². The molecule has 0 amide bonds. The van der Waals surface area contributed by atoms with Crippen LogP contribution in [-0.2, 0) is 14.9 Å². The van der Waals surface area contributed by atoms with Crippen LogP contribution >= 0.6 is 0 Å². The smallest absolute Gasteiger partial charge is 0.124 e. The van der Waals surface area contributed by atoms with Crippen LogP contribution < -0.4 is 9.47 Å². The summed E-state index contributed by atoms with van der Waals surface area (Å²) in [4.78, 5) is 0. The van der Waals surface area contributed by atoms with Crippen molar-refractivity contribution in [3.05, 3.63) is 119 Å². The molecule has 3 aliphatic rings. The molecule has 0 bridgehead atoms. The van der Waals surface area contributed by atoms with Crippen molar-refractivity contribution in [1.29, 1.82) is 0 Å². The number of benzene rings is 4. The average molecular weight is 491 g/mol. The summed E-state index contributed by atoms with van der Waals surface area (Å²) in [7, 11) is 0. The zero-order valence-corrected chi connectivity index (χ0v) is 21.1. The van der Waals surface area contributed by atoms with Crippen LogP contribution in [0.5, 0.6) is 11.5 Å². The standard InChI is InChI=1S/C33H30O4/c1-21(31-19-34-31)36-25-15-11-23(12-16-25)33(24-13-17-26(18-14-24)37-22(2)32-20-35-32)29-9-5-3-7-27(29)28-8-4-6-10-30(28)33/h3-18,21-22,31-32H,19-20H2,1-2H3. The molecule has 4 aromatic carbocycles. The molecule has 4 aromatic rings.